The van der Waals surface area contributed by atoms with Crippen molar-refractivity contribution < 1.29 is 14.8 Å². The number of aromatic hydroxyl groups is 1. The lowest BCUT2D eigenvalue weighted by molar-refractivity contribution is -0.385. The Morgan fingerprint density at radius 3 is 2.78 bits per heavy atom. The van der Waals surface area contributed by atoms with Crippen LogP contribution in [0.1, 0.15) is 18.1 Å². The van der Waals surface area contributed by atoms with E-state index < -0.39 is 4.92 Å². The molecule has 0 saturated heterocycles. The number of benzene rings is 2. The second-order valence-electron chi connectivity index (χ2n) is 4.76. The molecule has 0 saturated carbocycles. The summed E-state index contributed by atoms with van der Waals surface area (Å²) in [5.74, 6) is -0.146. The molecule has 0 heterocycles. The number of nitro benzene ring substituents is 1. The Morgan fingerprint density at radius 2 is 2.13 bits per heavy atom. The van der Waals surface area contributed by atoms with Gasteiger partial charge in [-0.2, -0.15) is 0 Å². The van der Waals surface area contributed by atoms with Gasteiger partial charge in [-0.25, -0.2) is 0 Å². The number of phenolic OH excluding ortho intramolecular Hbond substituents is 1. The lowest BCUT2D eigenvalue weighted by Gasteiger charge is -2.08. The molecule has 1 N–H and O–H groups in total. The average Bonchev–Trinajstić information content (AvgIpc) is 2.51. The van der Waals surface area contributed by atoms with Crippen LogP contribution in [0.2, 0.25) is 5.02 Å². The molecular weight excluding hydrogens is 320 g/mol. The first-order valence-electron chi connectivity index (χ1n) is 6.86. The molecule has 6 nitrogen and oxygen atoms in total. The van der Waals surface area contributed by atoms with Gasteiger partial charge < -0.3 is 9.84 Å². The van der Waals surface area contributed by atoms with Gasteiger partial charge in [-0.15, -0.1) is 0 Å². The largest absolute Gasteiger partial charge is 0.504 e. The van der Waals surface area contributed by atoms with Gasteiger partial charge >= 0.3 is 0 Å². The second-order valence-corrected chi connectivity index (χ2v) is 5.20. The lowest BCUT2D eigenvalue weighted by atomic mass is 10.1. The molecule has 2 aromatic carbocycles. The zero-order valence-corrected chi connectivity index (χ0v) is 13.4. The van der Waals surface area contributed by atoms with Gasteiger partial charge in [0.15, 0.2) is 11.5 Å². The van der Waals surface area contributed by atoms with Gasteiger partial charge in [-0.05, 0) is 31.5 Å². The zero-order chi connectivity index (χ0) is 17.0. The highest BCUT2D eigenvalue weighted by Gasteiger charge is 2.16. The Balaban J connectivity index is 2.47. The van der Waals surface area contributed by atoms with E-state index in [0.29, 0.717) is 10.7 Å². The molecule has 0 radical (unpaired) electrons. The Labute approximate surface area is 138 Å². The summed E-state index contributed by atoms with van der Waals surface area (Å²) in [7, 11) is 0. The van der Waals surface area contributed by atoms with E-state index in [-0.39, 0.29) is 29.4 Å². The predicted molar refractivity (Wildman–Crippen MR) is 89.4 cm³/mol. The number of nitrogens with zero attached hydrogens (tertiary/aromatic N) is 2. The zero-order valence-electron chi connectivity index (χ0n) is 12.6. The summed E-state index contributed by atoms with van der Waals surface area (Å²) >= 11 is 5.93. The molecule has 120 valence electrons. The molecule has 0 aliphatic heterocycles. The molecule has 0 aromatic heterocycles. The number of aliphatic imine (C=N–C) groups is 1. The lowest BCUT2D eigenvalue weighted by Crippen LogP contribution is -1.97. The fourth-order valence-electron chi connectivity index (χ4n) is 1.94. The van der Waals surface area contributed by atoms with Crippen LogP contribution < -0.4 is 4.74 Å². The van der Waals surface area contributed by atoms with Gasteiger partial charge in [-0.3, -0.25) is 15.1 Å². The van der Waals surface area contributed by atoms with E-state index >= 15 is 0 Å². The molecule has 0 atom stereocenters. The maximum atomic E-state index is 11.0. The van der Waals surface area contributed by atoms with Gasteiger partial charge in [-0.1, -0.05) is 17.7 Å². The van der Waals surface area contributed by atoms with Crippen molar-refractivity contribution in [3.05, 3.63) is 56.6 Å². The quantitative estimate of drug-likeness (QED) is 0.498. The van der Waals surface area contributed by atoms with Crippen molar-refractivity contribution in [1.29, 1.82) is 0 Å². The van der Waals surface area contributed by atoms with Crippen LogP contribution in [-0.2, 0) is 0 Å². The highest BCUT2D eigenvalue weighted by atomic mass is 35.5. The SMILES string of the molecule is CCOc1cc([N+](=O)[O-])cc(C=Nc2cc(Cl)ccc2C)c1O. The normalized spacial score (nSPS) is 10.9. The molecule has 0 bridgehead atoms. The minimum Gasteiger partial charge on any atom is -0.504 e. The molecule has 7 heteroatoms. The maximum absolute atomic E-state index is 11.0. The number of phenols is 1. The van der Waals surface area contributed by atoms with Crippen molar-refractivity contribution in [2.45, 2.75) is 13.8 Å². The van der Waals surface area contributed by atoms with Crippen LogP contribution in [0.4, 0.5) is 11.4 Å². The van der Waals surface area contributed by atoms with Crippen LogP contribution in [0.3, 0.4) is 0 Å². The highest BCUT2D eigenvalue weighted by molar-refractivity contribution is 6.30. The Kier molecular flexibility index (Phi) is 5.18. The summed E-state index contributed by atoms with van der Waals surface area (Å²) in [6.07, 6.45) is 1.35. The summed E-state index contributed by atoms with van der Waals surface area (Å²) in [6, 6.07) is 7.65. The maximum Gasteiger partial charge on any atom is 0.274 e. The van der Waals surface area contributed by atoms with E-state index in [1.165, 1.54) is 18.3 Å². The number of hydrogen-bond acceptors (Lipinski definition) is 5. The van der Waals surface area contributed by atoms with E-state index in [0.717, 1.165) is 5.56 Å². The number of aryl methyl sites for hydroxylation is 1. The fraction of sp³-hybridized carbons (Fsp3) is 0.188. The van der Waals surface area contributed by atoms with Crippen LogP contribution in [0.15, 0.2) is 35.3 Å². The first kappa shape index (κ1) is 16.8. The third kappa shape index (κ3) is 3.98. The van der Waals surface area contributed by atoms with Gasteiger partial charge in [0.05, 0.1) is 23.3 Å². The van der Waals surface area contributed by atoms with Crippen molar-refractivity contribution in [3.63, 3.8) is 0 Å². The number of rotatable bonds is 5. The minimum absolute atomic E-state index is 0.0472. The van der Waals surface area contributed by atoms with E-state index in [2.05, 4.69) is 4.99 Å². The predicted octanol–water partition coefficient (Wildman–Crippen LogP) is 4.41. The summed E-state index contributed by atoms with van der Waals surface area (Å²) in [5.41, 5.74) is 1.51. The first-order chi connectivity index (χ1) is 10.9. The first-order valence-corrected chi connectivity index (χ1v) is 7.24. The Morgan fingerprint density at radius 1 is 1.39 bits per heavy atom. The van der Waals surface area contributed by atoms with Crippen LogP contribution in [0.5, 0.6) is 11.5 Å². The monoisotopic (exact) mass is 334 g/mol. The van der Waals surface area contributed by atoms with Gasteiger partial charge in [0.25, 0.3) is 5.69 Å². The number of ether oxygens (including phenoxy) is 1. The van der Waals surface area contributed by atoms with Crippen LogP contribution in [0, 0.1) is 17.0 Å². The smallest absolute Gasteiger partial charge is 0.274 e. The van der Waals surface area contributed by atoms with Crippen molar-refractivity contribution in [2.75, 3.05) is 6.61 Å². The van der Waals surface area contributed by atoms with Crippen molar-refractivity contribution in [1.82, 2.24) is 0 Å². The van der Waals surface area contributed by atoms with E-state index in [1.54, 1.807) is 19.1 Å². The summed E-state index contributed by atoms with van der Waals surface area (Å²) in [4.78, 5) is 14.7. The molecule has 0 amide bonds. The fourth-order valence-corrected chi connectivity index (χ4v) is 2.11. The Hall–Kier alpha value is -2.60. The number of non-ortho nitro benzene ring substituents is 1. The van der Waals surface area contributed by atoms with E-state index in [1.807, 2.05) is 13.0 Å². The van der Waals surface area contributed by atoms with Gasteiger partial charge in [0.2, 0.25) is 0 Å². The van der Waals surface area contributed by atoms with E-state index in [9.17, 15) is 15.2 Å². The van der Waals surface area contributed by atoms with Crippen LogP contribution in [-0.4, -0.2) is 22.9 Å². The summed E-state index contributed by atoms with van der Waals surface area (Å²) < 4.78 is 5.23. The van der Waals surface area contributed by atoms with Crippen molar-refractivity contribution in [2.24, 2.45) is 4.99 Å². The molecule has 0 aliphatic rings. The molecule has 2 rings (SSSR count). The average molecular weight is 335 g/mol. The van der Waals surface area contributed by atoms with Crippen molar-refractivity contribution in [3.8, 4) is 11.5 Å². The van der Waals surface area contributed by atoms with Crippen molar-refractivity contribution >= 4 is 29.2 Å². The highest BCUT2D eigenvalue weighted by Crippen LogP contribution is 2.34. The number of nitro groups is 1. The summed E-state index contributed by atoms with van der Waals surface area (Å²) in [5, 5.41) is 21.7. The molecule has 0 fully saturated rings. The van der Waals surface area contributed by atoms with E-state index in [4.69, 9.17) is 16.3 Å². The molecule has 23 heavy (non-hydrogen) atoms. The summed E-state index contributed by atoms with van der Waals surface area (Å²) in [6.45, 7) is 3.86. The van der Waals surface area contributed by atoms with Gasteiger partial charge in [0.1, 0.15) is 0 Å². The minimum atomic E-state index is -0.552. The standard InChI is InChI=1S/C16H15ClN2O4/c1-3-23-15-8-13(19(21)22)6-11(16(15)20)9-18-14-7-12(17)5-4-10(14)2/h4-9,20H,3H2,1-2H3. The molecule has 0 unspecified atom stereocenters. The topological polar surface area (TPSA) is 85.0 Å². The van der Waals surface area contributed by atoms with Crippen LogP contribution >= 0.6 is 11.6 Å². The third-order valence-electron chi connectivity index (χ3n) is 3.11. The molecule has 0 spiro atoms. The molecule has 2 aromatic rings. The van der Waals surface area contributed by atoms with Gasteiger partial charge in [0, 0.05) is 22.9 Å². The second kappa shape index (κ2) is 7.11. The molecule has 0 aliphatic carbocycles. The van der Waals surface area contributed by atoms with Crippen LogP contribution in [0.25, 0.3) is 0 Å². The number of halogens is 1. The third-order valence-corrected chi connectivity index (χ3v) is 3.35. The molecular formula is C16H15ClN2O4. The number of hydrogen-bond donors (Lipinski definition) is 1. The Bertz CT molecular complexity index is 775.